The highest BCUT2D eigenvalue weighted by atomic mass is 79.9. The first-order chi connectivity index (χ1) is 8.60. The summed E-state index contributed by atoms with van der Waals surface area (Å²) in [6.45, 7) is 2.23. The Morgan fingerprint density at radius 1 is 1.39 bits per heavy atom. The summed E-state index contributed by atoms with van der Waals surface area (Å²) in [5.74, 6) is 1.08. The second-order valence-electron chi connectivity index (χ2n) is 5.45. The number of nitrogens with two attached hydrogens (primary N) is 1. The second kappa shape index (κ2) is 6.16. The SMILES string of the molecule is CCC1CCC(N)C(Cc2cc(Br)ccc2F)C1. The van der Waals surface area contributed by atoms with Crippen molar-refractivity contribution in [2.24, 2.45) is 17.6 Å². The van der Waals surface area contributed by atoms with Crippen LogP contribution in [0.1, 0.15) is 38.2 Å². The molecule has 0 heterocycles. The van der Waals surface area contributed by atoms with Crippen molar-refractivity contribution in [3.63, 3.8) is 0 Å². The van der Waals surface area contributed by atoms with Gasteiger partial charge in [-0.2, -0.15) is 0 Å². The molecule has 1 aromatic rings. The lowest BCUT2D eigenvalue weighted by Crippen LogP contribution is -2.37. The maximum absolute atomic E-state index is 13.8. The number of halogens is 2. The van der Waals surface area contributed by atoms with Crippen LogP contribution in [0.15, 0.2) is 22.7 Å². The maximum Gasteiger partial charge on any atom is 0.126 e. The van der Waals surface area contributed by atoms with E-state index in [1.807, 2.05) is 6.07 Å². The lowest BCUT2D eigenvalue weighted by atomic mass is 9.75. The van der Waals surface area contributed by atoms with Crippen molar-refractivity contribution in [3.8, 4) is 0 Å². The highest BCUT2D eigenvalue weighted by Crippen LogP contribution is 2.33. The first-order valence-electron chi connectivity index (χ1n) is 6.79. The smallest absolute Gasteiger partial charge is 0.126 e. The fraction of sp³-hybridized carbons (Fsp3) is 0.600. The minimum absolute atomic E-state index is 0.107. The molecule has 0 aliphatic heterocycles. The summed E-state index contributed by atoms with van der Waals surface area (Å²) in [6, 6.07) is 5.39. The van der Waals surface area contributed by atoms with Crippen molar-refractivity contribution in [1.29, 1.82) is 0 Å². The Hall–Kier alpha value is -0.410. The van der Waals surface area contributed by atoms with E-state index in [1.54, 1.807) is 6.07 Å². The van der Waals surface area contributed by atoms with Crippen LogP contribution in [-0.2, 0) is 6.42 Å². The summed E-state index contributed by atoms with van der Waals surface area (Å²) in [6.07, 6.45) is 5.44. The Kier molecular flexibility index (Phi) is 4.79. The molecule has 0 aromatic heterocycles. The monoisotopic (exact) mass is 313 g/mol. The van der Waals surface area contributed by atoms with E-state index in [4.69, 9.17) is 5.73 Å². The molecule has 2 rings (SSSR count). The molecular weight excluding hydrogens is 293 g/mol. The Morgan fingerprint density at radius 3 is 2.89 bits per heavy atom. The van der Waals surface area contributed by atoms with Crippen LogP contribution in [0.2, 0.25) is 0 Å². The van der Waals surface area contributed by atoms with Crippen LogP contribution in [0, 0.1) is 17.7 Å². The molecule has 0 bridgehead atoms. The predicted molar refractivity (Wildman–Crippen MR) is 76.9 cm³/mol. The van der Waals surface area contributed by atoms with Gasteiger partial charge in [-0.25, -0.2) is 4.39 Å². The largest absolute Gasteiger partial charge is 0.327 e. The van der Waals surface area contributed by atoms with E-state index in [1.165, 1.54) is 18.9 Å². The van der Waals surface area contributed by atoms with Crippen LogP contribution in [0.3, 0.4) is 0 Å². The molecule has 0 amide bonds. The van der Waals surface area contributed by atoms with Crippen molar-refractivity contribution in [2.45, 2.75) is 45.1 Å². The first-order valence-corrected chi connectivity index (χ1v) is 7.59. The highest BCUT2D eigenvalue weighted by Gasteiger charge is 2.27. The zero-order valence-electron chi connectivity index (χ0n) is 10.8. The summed E-state index contributed by atoms with van der Waals surface area (Å²) in [5, 5.41) is 0. The minimum Gasteiger partial charge on any atom is -0.327 e. The van der Waals surface area contributed by atoms with Crippen molar-refractivity contribution < 1.29 is 4.39 Å². The second-order valence-corrected chi connectivity index (χ2v) is 6.37. The number of hydrogen-bond acceptors (Lipinski definition) is 1. The molecule has 1 nitrogen and oxygen atoms in total. The minimum atomic E-state index is -0.107. The van der Waals surface area contributed by atoms with Crippen molar-refractivity contribution in [2.75, 3.05) is 0 Å². The van der Waals surface area contributed by atoms with E-state index in [-0.39, 0.29) is 11.9 Å². The van der Waals surface area contributed by atoms with E-state index in [9.17, 15) is 4.39 Å². The number of benzene rings is 1. The van der Waals surface area contributed by atoms with Gasteiger partial charge in [0.2, 0.25) is 0 Å². The van der Waals surface area contributed by atoms with Crippen LogP contribution in [0.25, 0.3) is 0 Å². The maximum atomic E-state index is 13.8. The van der Waals surface area contributed by atoms with Crippen molar-refractivity contribution in [3.05, 3.63) is 34.1 Å². The van der Waals surface area contributed by atoms with Gasteiger partial charge in [-0.3, -0.25) is 0 Å². The van der Waals surface area contributed by atoms with E-state index in [0.717, 1.165) is 35.2 Å². The van der Waals surface area contributed by atoms with Gasteiger partial charge in [-0.1, -0.05) is 29.3 Å². The van der Waals surface area contributed by atoms with Crippen molar-refractivity contribution in [1.82, 2.24) is 0 Å². The van der Waals surface area contributed by atoms with E-state index in [2.05, 4.69) is 22.9 Å². The Labute approximate surface area is 117 Å². The molecule has 1 fully saturated rings. The van der Waals surface area contributed by atoms with Crippen LogP contribution < -0.4 is 5.73 Å². The van der Waals surface area contributed by atoms with E-state index >= 15 is 0 Å². The molecule has 1 aliphatic carbocycles. The van der Waals surface area contributed by atoms with Gasteiger partial charge in [0.05, 0.1) is 0 Å². The standard InChI is InChI=1S/C15H21BrFN/c1-2-10-3-6-15(18)12(7-10)8-11-9-13(16)4-5-14(11)17/h4-5,9-10,12,15H,2-3,6-8,18H2,1H3. The lowest BCUT2D eigenvalue weighted by Gasteiger charge is -2.34. The van der Waals surface area contributed by atoms with E-state index < -0.39 is 0 Å². The van der Waals surface area contributed by atoms with Gasteiger partial charge in [0.1, 0.15) is 5.82 Å². The van der Waals surface area contributed by atoms with Gasteiger partial charge in [-0.05, 0) is 61.3 Å². The van der Waals surface area contributed by atoms with Gasteiger partial charge in [-0.15, -0.1) is 0 Å². The molecule has 0 saturated heterocycles. The molecule has 3 heteroatoms. The summed E-state index contributed by atoms with van der Waals surface area (Å²) in [5.41, 5.74) is 6.99. The molecule has 3 atom stereocenters. The van der Waals surface area contributed by atoms with Crippen LogP contribution >= 0.6 is 15.9 Å². The average molecular weight is 314 g/mol. The molecule has 1 aliphatic rings. The molecule has 1 saturated carbocycles. The third kappa shape index (κ3) is 3.33. The third-order valence-corrected chi connectivity index (χ3v) is 4.71. The van der Waals surface area contributed by atoms with Gasteiger partial charge in [0.25, 0.3) is 0 Å². The van der Waals surface area contributed by atoms with Gasteiger partial charge < -0.3 is 5.73 Å². The molecule has 2 N–H and O–H groups in total. The van der Waals surface area contributed by atoms with Crippen molar-refractivity contribution >= 4 is 15.9 Å². The zero-order chi connectivity index (χ0) is 13.1. The summed E-state index contributed by atoms with van der Waals surface area (Å²) in [7, 11) is 0. The topological polar surface area (TPSA) is 26.0 Å². The van der Waals surface area contributed by atoms with Gasteiger partial charge >= 0.3 is 0 Å². The van der Waals surface area contributed by atoms with Crippen LogP contribution in [0.4, 0.5) is 4.39 Å². The molecule has 0 spiro atoms. The quantitative estimate of drug-likeness (QED) is 0.885. The first kappa shape index (κ1) is 14.0. The number of hydrogen-bond donors (Lipinski definition) is 1. The van der Waals surface area contributed by atoms with Crippen LogP contribution in [0.5, 0.6) is 0 Å². The molecule has 18 heavy (non-hydrogen) atoms. The fourth-order valence-corrected chi connectivity index (χ4v) is 3.38. The third-order valence-electron chi connectivity index (χ3n) is 4.22. The summed E-state index contributed by atoms with van der Waals surface area (Å²) < 4.78 is 14.7. The number of rotatable bonds is 3. The summed E-state index contributed by atoms with van der Waals surface area (Å²) >= 11 is 3.40. The molecular formula is C15H21BrFN. The van der Waals surface area contributed by atoms with E-state index in [0.29, 0.717) is 5.92 Å². The molecule has 100 valence electrons. The molecule has 0 radical (unpaired) electrons. The Bertz CT molecular complexity index is 407. The normalized spacial score (nSPS) is 28.3. The Morgan fingerprint density at radius 2 is 2.17 bits per heavy atom. The fourth-order valence-electron chi connectivity index (χ4n) is 2.97. The molecule has 1 aromatic carbocycles. The van der Waals surface area contributed by atoms with Gasteiger partial charge in [0, 0.05) is 10.5 Å². The zero-order valence-corrected chi connectivity index (χ0v) is 12.4. The lowest BCUT2D eigenvalue weighted by molar-refractivity contribution is 0.226. The van der Waals surface area contributed by atoms with Crippen LogP contribution in [-0.4, -0.2) is 6.04 Å². The van der Waals surface area contributed by atoms with Gasteiger partial charge in [0.15, 0.2) is 0 Å². The molecule has 3 unspecified atom stereocenters. The Balaban J connectivity index is 2.09. The predicted octanol–water partition coefficient (Wildman–Crippen LogP) is 4.28. The summed E-state index contributed by atoms with van der Waals surface area (Å²) in [4.78, 5) is 0. The highest BCUT2D eigenvalue weighted by molar-refractivity contribution is 9.10. The average Bonchev–Trinajstić information content (AvgIpc) is 2.36.